The standard InChI is InChI=1S/C15H29N3O4S/c1-13(12-17-7-3-4-8-17)11-16-23(20,21)18-9-5-14(6-10-18)15(19)22-2/h13-14,16H,3-12H2,1-2H3/t13-/m0/s1. The molecule has 0 saturated carbocycles. The molecule has 2 heterocycles. The molecule has 2 aliphatic rings. The third-order valence-corrected chi connectivity index (χ3v) is 6.29. The Hall–Kier alpha value is -0.700. The van der Waals surface area contributed by atoms with Crippen molar-refractivity contribution in [1.82, 2.24) is 13.9 Å². The van der Waals surface area contributed by atoms with E-state index in [1.165, 1.54) is 24.3 Å². The fourth-order valence-corrected chi connectivity index (χ4v) is 4.68. The Balaban J connectivity index is 1.74. The average molecular weight is 347 g/mol. The number of carbonyl (C=O) groups excluding carboxylic acids is 1. The predicted octanol–water partition coefficient (Wildman–Crippen LogP) is 0.438. The van der Waals surface area contributed by atoms with E-state index in [0.29, 0.717) is 32.5 Å². The van der Waals surface area contributed by atoms with Crippen LogP contribution in [0.5, 0.6) is 0 Å². The number of piperidine rings is 1. The zero-order chi connectivity index (χ0) is 16.9. The van der Waals surface area contributed by atoms with Crippen LogP contribution < -0.4 is 4.72 Å². The molecule has 0 spiro atoms. The summed E-state index contributed by atoms with van der Waals surface area (Å²) in [5.41, 5.74) is 0. The monoisotopic (exact) mass is 347 g/mol. The van der Waals surface area contributed by atoms with Crippen molar-refractivity contribution in [2.24, 2.45) is 11.8 Å². The number of hydrogen-bond donors (Lipinski definition) is 1. The molecule has 0 radical (unpaired) electrons. The van der Waals surface area contributed by atoms with E-state index >= 15 is 0 Å². The molecule has 1 N–H and O–H groups in total. The van der Waals surface area contributed by atoms with Crippen LogP contribution in [0.4, 0.5) is 0 Å². The van der Waals surface area contributed by atoms with Crippen LogP contribution in [0.25, 0.3) is 0 Å². The van der Waals surface area contributed by atoms with Crippen LogP contribution in [-0.2, 0) is 19.7 Å². The minimum absolute atomic E-state index is 0.180. The highest BCUT2D eigenvalue weighted by Gasteiger charge is 2.31. The molecule has 0 aromatic heterocycles. The van der Waals surface area contributed by atoms with Crippen molar-refractivity contribution in [3.8, 4) is 0 Å². The van der Waals surface area contributed by atoms with Gasteiger partial charge in [0.25, 0.3) is 10.2 Å². The molecule has 8 heteroatoms. The van der Waals surface area contributed by atoms with Gasteiger partial charge in [-0.05, 0) is 44.7 Å². The van der Waals surface area contributed by atoms with Crippen molar-refractivity contribution in [3.05, 3.63) is 0 Å². The first-order valence-corrected chi connectivity index (χ1v) is 9.91. The minimum Gasteiger partial charge on any atom is -0.469 e. The summed E-state index contributed by atoms with van der Waals surface area (Å²) < 4.78 is 33.6. The van der Waals surface area contributed by atoms with E-state index in [-0.39, 0.29) is 17.8 Å². The largest absolute Gasteiger partial charge is 0.469 e. The van der Waals surface area contributed by atoms with Crippen LogP contribution in [0.2, 0.25) is 0 Å². The number of nitrogens with zero attached hydrogens (tertiary/aromatic N) is 2. The van der Waals surface area contributed by atoms with Crippen LogP contribution in [0, 0.1) is 11.8 Å². The molecule has 1 atom stereocenters. The predicted molar refractivity (Wildman–Crippen MR) is 88.1 cm³/mol. The van der Waals surface area contributed by atoms with Gasteiger partial charge in [-0.25, -0.2) is 4.72 Å². The number of methoxy groups -OCH3 is 1. The lowest BCUT2D eigenvalue weighted by molar-refractivity contribution is -0.146. The van der Waals surface area contributed by atoms with Crippen molar-refractivity contribution < 1.29 is 17.9 Å². The van der Waals surface area contributed by atoms with Crippen molar-refractivity contribution in [3.63, 3.8) is 0 Å². The molecule has 0 bridgehead atoms. The van der Waals surface area contributed by atoms with E-state index in [0.717, 1.165) is 19.6 Å². The summed E-state index contributed by atoms with van der Waals surface area (Å²) in [4.78, 5) is 13.9. The van der Waals surface area contributed by atoms with Gasteiger partial charge >= 0.3 is 5.97 Å². The molecule has 0 aliphatic carbocycles. The molecule has 2 rings (SSSR count). The van der Waals surface area contributed by atoms with Crippen LogP contribution in [0.1, 0.15) is 32.6 Å². The molecular formula is C15H29N3O4S. The molecular weight excluding hydrogens is 318 g/mol. The summed E-state index contributed by atoms with van der Waals surface area (Å²) in [6, 6.07) is 0. The maximum absolute atomic E-state index is 12.4. The summed E-state index contributed by atoms with van der Waals surface area (Å²) in [6.07, 6.45) is 3.54. The smallest absolute Gasteiger partial charge is 0.308 e. The molecule has 0 unspecified atom stereocenters. The molecule has 0 aromatic carbocycles. The summed E-state index contributed by atoms with van der Waals surface area (Å²) in [7, 11) is -2.09. The third kappa shape index (κ3) is 5.41. The first-order valence-electron chi connectivity index (χ1n) is 8.47. The Labute approximate surface area is 139 Å². The molecule has 7 nitrogen and oxygen atoms in total. The Kier molecular flexibility index (Phi) is 6.82. The highest BCUT2D eigenvalue weighted by Crippen LogP contribution is 2.20. The highest BCUT2D eigenvalue weighted by molar-refractivity contribution is 7.87. The van der Waals surface area contributed by atoms with Crippen LogP contribution in [-0.4, -0.2) is 70.0 Å². The first-order chi connectivity index (χ1) is 10.9. The number of likely N-dealkylation sites (tertiary alicyclic amines) is 1. The summed E-state index contributed by atoms with van der Waals surface area (Å²) in [5.74, 6) is -0.134. The number of rotatable bonds is 7. The molecule has 0 aromatic rings. The quantitative estimate of drug-likeness (QED) is 0.676. The number of ether oxygens (including phenoxy) is 1. The van der Waals surface area contributed by atoms with E-state index in [1.54, 1.807) is 0 Å². The molecule has 2 aliphatic heterocycles. The van der Waals surface area contributed by atoms with Crippen molar-refractivity contribution in [1.29, 1.82) is 0 Å². The lowest BCUT2D eigenvalue weighted by Gasteiger charge is -2.30. The van der Waals surface area contributed by atoms with Gasteiger partial charge < -0.3 is 9.64 Å². The van der Waals surface area contributed by atoms with E-state index < -0.39 is 10.2 Å². The summed E-state index contributed by atoms with van der Waals surface area (Å²) >= 11 is 0. The van der Waals surface area contributed by atoms with E-state index in [4.69, 9.17) is 4.74 Å². The van der Waals surface area contributed by atoms with Crippen molar-refractivity contribution in [2.45, 2.75) is 32.6 Å². The van der Waals surface area contributed by atoms with Crippen LogP contribution >= 0.6 is 0 Å². The maximum atomic E-state index is 12.4. The zero-order valence-electron chi connectivity index (χ0n) is 14.2. The fraction of sp³-hybridized carbons (Fsp3) is 0.933. The first kappa shape index (κ1) is 18.6. The maximum Gasteiger partial charge on any atom is 0.308 e. The highest BCUT2D eigenvalue weighted by atomic mass is 32.2. The van der Waals surface area contributed by atoms with Crippen LogP contribution in [0.3, 0.4) is 0 Å². The van der Waals surface area contributed by atoms with Gasteiger partial charge in [0.2, 0.25) is 0 Å². The zero-order valence-corrected chi connectivity index (χ0v) is 15.0. The number of hydrogen-bond acceptors (Lipinski definition) is 5. The van der Waals surface area contributed by atoms with Gasteiger partial charge in [0.1, 0.15) is 0 Å². The van der Waals surface area contributed by atoms with Gasteiger partial charge in [-0.15, -0.1) is 0 Å². The third-order valence-electron chi connectivity index (χ3n) is 4.71. The van der Waals surface area contributed by atoms with E-state index in [1.807, 2.05) is 0 Å². The number of nitrogens with one attached hydrogen (secondary N) is 1. The van der Waals surface area contributed by atoms with E-state index in [9.17, 15) is 13.2 Å². The molecule has 134 valence electrons. The lowest BCUT2D eigenvalue weighted by Crippen LogP contribution is -2.47. The second-order valence-electron chi connectivity index (χ2n) is 6.66. The number of esters is 1. The topological polar surface area (TPSA) is 78.9 Å². The van der Waals surface area contributed by atoms with Gasteiger partial charge in [-0.3, -0.25) is 4.79 Å². The Morgan fingerprint density at radius 2 is 1.83 bits per heavy atom. The second kappa shape index (κ2) is 8.41. The normalized spacial score (nSPS) is 23.0. The SMILES string of the molecule is COC(=O)C1CCN(S(=O)(=O)NC[C@H](C)CN2CCCC2)CC1. The van der Waals surface area contributed by atoms with Gasteiger partial charge in [-0.2, -0.15) is 12.7 Å². The molecule has 2 fully saturated rings. The van der Waals surface area contributed by atoms with Gasteiger partial charge in [0.05, 0.1) is 13.0 Å². The van der Waals surface area contributed by atoms with Crippen molar-refractivity contribution >= 4 is 16.2 Å². The van der Waals surface area contributed by atoms with Crippen LogP contribution in [0.15, 0.2) is 0 Å². The molecule has 0 amide bonds. The Bertz CT molecular complexity index is 483. The number of carbonyl (C=O) groups is 1. The fourth-order valence-electron chi connectivity index (χ4n) is 3.31. The summed E-state index contributed by atoms with van der Waals surface area (Å²) in [6.45, 7) is 6.45. The van der Waals surface area contributed by atoms with Gasteiger partial charge in [0.15, 0.2) is 0 Å². The summed E-state index contributed by atoms with van der Waals surface area (Å²) in [5, 5.41) is 0. The minimum atomic E-state index is -3.46. The average Bonchev–Trinajstić information content (AvgIpc) is 3.05. The van der Waals surface area contributed by atoms with Crippen molar-refractivity contribution in [2.75, 3.05) is 46.4 Å². The van der Waals surface area contributed by atoms with E-state index in [2.05, 4.69) is 16.5 Å². The lowest BCUT2D eigenvalue weighted by atomic mass is 9.99. The molecule has 23 heavy (non-hydrogen) atoms. The molecule has 2 saturated heterocycles. The van der Waals surface area contributed by atoms with Gasteiger partial charge in [-0.1, -0.05) is 6.92 Å². The Morgan fingerprint density at radius 3 is 2.39 bits per heavy atom. The van der Waals surface area contributed by atoms with Gasteiger partial charge in [0, 0.05) is 26.2 Å². The Morgan fingerprint density at radius 1 is 1.22 bits per heavy atom. The second-order valence-corrected chi connectivity index (χ2v) is 8.42.